The highest BCUT2D eigenvalue weighted by molar-refractivity contribution is 6.43. The second-order valence-corrected chi connectivity index (χ2v) is 5.79. The third-order valence-electron chi connectivity index (χ3n) is 3.13. The Labute approximate surface area is 129 Å². The standard InChI is InChI=1S/C15H19Cl2FO2/c1-2-3-12(10-14(19)20-15(16)17)5-4-11-6-8-13(18)9-7-11/h6-9,12,15H,2-5,10H2,1H3. The zero-order chi connectivity index (χ0) is 15.0. The normalized spacial score (nSPS) is 12.4. The van der Waals surface area contributed by atoms with Crippen LogP contribution in [0.15, 0.2) is 24.3 Å². The molecule has 20 heavy (non-hydrogen) atoms. The summed E-state index contributed by atoms with van der Waals surface area (Å²) in [5.41, 5.74) is 1.06. The minimum atomic E-state index is -1.11. The Morgan fingerprint density at radius 2 is 1.90 bits per heavy atom. The van der Waals surface area contributed by atoms with Gasteiger partial charge in [-0.15, -0.1) is 0 Å². The molecule has 0 fully saturated rings. The Bertz CT molecular complexity index is 407. The van der Waals surface area contributed by atoms with Crippen molar-refractivity contribution in [1.29, 1.82) is 0 Å². The Hall–Kier alpha value is -0.800. The number of rotatable bonds is 8. The van der Waals surface area contributed by atoms with Gasteiger partial charge >= 0.3 is 5.97 Å². The molecule has 1 aromatic carbocycles. The highest BCUT2D eigenvalue weighted by atomic mass is 35.5. The Kier molecular flexibility index (Phi) is 7.93. The molecule has 0 amide bonds. The maximum absolute atomic E-state index is 12.8. The first-order chi connectivity index (χ1) is 9.51. The summed E-state index contributed by atoms with van der Waals surface area (Å²) >= 11 is 10.8. The second-order valence-electron chi connectivity index (χ2n) is 4.77. The van der Waals surface area contributed by atoms with Gasteiger partial charge in [0.2, 0.25) is 0 Å². The predicted octanol–water partition coefficient (Wildman–Crippen LogP) is 4.87. The average molecular weight is 321 g/mol. The number of alkyl halides is 2. The van der Waals surface area contributed by atoms with E-state index < -0.39 is 5.02 Å². The Morgan fingerprint density at radius 1 is 1.25 bits per heavy atom. The minimum absolute atomic E-state index is 0.227. The van der Waals surface area contributed by atoms with Gasteiger partial charge < -0.3 is 4.74 Å². The zero-order valence-electron chi connectivity index (χ0n) is 11.5. The molecule has 0 spiro atoms. The number of esters is 1. The number of benzene rings is 1. The van der Waals surface area contributed by atoms with Gasteiger partial charge in [0, 0.05) is 6.42 Å². The maximum Gasteiger partial charge on any atom is 0.308 e. The van der Waals surface area contributed by atoms with E-state index >= 15 is 0 Å². The summed E-state index contributed by atoms with van der Waals surface area (Å²) in [5, 5.41) is -1.11. The fraction of sp³-hybridized carbons (Fsp3) is 0.533. The number of aryl methyl sites for hydroxylation is 1. The van der Waals surface area contributed by atoms with Crippen LogP contribution in [-0.4, -0.2) is 11.0 Å². The molecule has 0 aromatic heterocycles. The molecule has 2 nitrogen and oxygen atoms in total. The van der Waals surface area contributed by atoms with Crippen molar-refractivity contribution in [2.75, 3.05) is 0 Å². The molecule has 0 bridgehead atoms. The first-order valence-electron chi connectivity index (χ1n) is 6.73. The molecule has 0 aliphatic rings. The third kappa shape index (κ3) is 7.11. The quantitative estimate of drug-likeness (QED) is 0.504. The van der Waals surface area contributed by atoms with Gasteiger partial charge in [0.1, 0.15) is 5.82 Å². The van der Waals surface area contributed by atoms with Crippen LogP contribution in [0.1, 0.15) is 38.2 Å². The molecule has 0 heterocycles. The molecule has 0 aliphatic heterocycles. The van der Waals surface area contributed by atoms with Gasteiger partial charge in [-0.05, 0) is 36.5 Å². The maximum atomic E-state index is 12.8. The molecule has 5 heteroatoms. The van der Waals surface area contributed by atoms with Crippen molar-refractivity contribution in [2.24, 2.45) is 5.92 Å². The van der Waals surface area contributed by atoms with Gasteiger partial charge in [-0.3, -0.25) is 4.79 Å². The monoisotopic (exact) mass is 320 g/mol. The molecule has 112 valence electrons. The Balaban J connectivity index is 2.45. The largest absolute Gasteiger partial charge is 0.431 e. The zero-order valence-corrected chi connectivity index (χ0v) is 13.0. The lowest BCUT2D eigenvalue weighted by Gasteiger charge is -2.15. The van der Waals surface area contributed by atoms with Gasteiger partial charge in [0.25, 0.3) is 5.02 Å². The van der Waals surface area contributed by atoms with Crippen LogP contribution in [0.25, 0.3) is 0 Å². The highest BCUT2D eigenvalue weighted by Crippen LogP contribution is 2.20. The fourth-order valence-corrected chi connectivity index (χ4v) is 2.36. The summed E-state index contributed by atoms with van der Waals surface area (Å²) in [5.74, 6) is -0.389. The topological polar surface area (TPSA) is 26.3 Å². The lowest BCUT2D eigenvalue weighted by Crippen LogP contribution is -2.14. The first-order valence-corrected chi connectivity index (χ1v) is 7.60. The lowest BCUT2D eigenvalue weighted by atomic mass is 9.92. The van der Waals surface area contributed by atoms with Crippen LogP contribution in [0.2, 0.25) is 0 Å². The van der Waals surface area contributed by atoms with E-state index in [2.05, 4.69) is 6.92 Å². The van der Waals surface area contributed by atoms with E-state index in [4.69, 9.17) is 27.9 Å². The van der Waals surface area contributed by atoms with Crippen molar-refractivity contribution in [1.82, 2.24) is 0 Å². The average Bonchev–Trinajstić information content (AvgIpc) is 2.37. The van der Waals surface area contributed by atoms with Gasteiger partial charge in [0.15, 0.2) is 0 Å². The molecule has 1 atom stereocenters. The van der Waals surface area contributed by atoms with Gasteiger partial charge in [-0.1, -0.05) is 55.1 Å². The van der Waals surface area contributed by atoms with Crippen molar-refractivity contribution >= 4 is 29.2 Å². The Morgan fingerprint density at radius 3 is 2.45 bits per heavy atom. The van der Waals surface area contributed by atoms with Crippen molar-refractivity contribution in [3.63, 3.8) is 0 Å². The molecular weight excluding hydrogens is 302 g/mol. The van der Waals surface area contributed by atoms with Crippen molar-refractivity contribution in [3.8, 4) is 0 Å². The first kappa shape index (κ1) is 17.3. The number of halogens is 3. The minimum Gasteiger partial charge on any atom is -0.431 e. The highest BCUT2D eigenvalue weighted by Gasteiger charge is 2.16. The van der Waals surface area contributed by atoms with Crippen LogP contribution < -0.4 is 0 Å². The van der Waals surface area contributed by atoms with Crippen LogP contribution in [-0.2, 0) is 16.0 Å². The molecule has 0 saturated heterocycles. The van der Waals surface area contributed by atoms with E-state index in [9.17, 15) is 9.18 Å². The van der Waals surface area contributed by atoms with Crippen LogP contribution in [0.3, 0.4) is 0 Å². The molecule has 1 aromatic rings. The van der Waals surface area contributed by atoms with E-state index in [0.717, 1.165) is 31.2 Å². The lowest BCUT2D eigenvalue weighted by molar-refractivity contribution is -0.144. The summed E-state index contributed by atoms with van der Waals surface area (Å²) in [6.07, 6.45) is 3.90. The molecule has 0 saturated carbocycles. The smallest absolute Gasteiger partial charge is 0.308 e. The summed E-state index contributed by atoms with van der Waals surface area (Å²) in [6, 6.07) is 6.43. The van der Waals surface area contributed by atoms with E-state index in [1.165, 1.54) is 12.1 Å². The van der Waals surface area contributed by atoms with Crippen LogP contribution in [0.5, 0.6) is 0 Å². The van der Waals surface area contributed by atoms with Crippen LogP contribution in [0, 0.1) is 11.7 Å². The van der Waals surface area contributed by atoms with Crippen molar-refractivity contribution < 1.29 is 13.9 Å². The van der Waals surface area contributed by atoms with Crippen LogP contribution in [0.4, 0.5) is 4.39 Å². The van der Waals surface area contributed by atoms with Gasteiger partial charge in [-0.2, -0.15) is 0 Å². The summed E-state index contributed by atoms with van der Waals surface area (Å²) in [7, 11) is 0. The molecule has 0 radical (unpaired) electrons. The molecular formula is C15H19Cl2FO2. The van der Waals surface area contributed by atoms with E-state index in [1.807, 2.05) is 0 Å². The summed E-state index contributed by atoms with van der Waals surface area (Å²) < 4.78 is 17.6. The molecule has 0 aliphatic carbocycles. The number of ether oxygens (including phenoxy) is 1. The van der Waals surface area contributed by atoms with E-state index in [1.54, 1.807) is 12.1 Å². The fourth-order valence-electron chi connectivity index (χ4n) is 2.16. The molecule has 0 N–H and O–H groups in total. The molecule has 1 rings (SSSR count). The number of carbonyl (C=O) groups is 1. The molecule has 1 unspecified atom stereocenters. The van der Waals surface area contributed by atoms with Gasteiger partial charge in [0.05, 0.1) is 0 Å². The second kappa shape index (κ2) is 9.19. The SMILES string of the molecule is CCCC(CCc1ccc(F)cc1)CC(=O)OC(Cl)Cl. The predicted molar refractivity (Wildman–Crippen MR) is 79.3 cm³/mol. The van der Waals surface area contributed by atoms with Crippen LogP contribution >= 0.6 is 23.2 Å². The van der Waals surface area contributed by atoms with Gasteiger partial charge in [-0.25, -0.2) is 4.39 Å². The number of hydrogen-bond donors (Lipinski definition) is 0. The van der Waals surface area contributed by atoms with Crippen molar-refractivity contribution in [3.05, 3.63) is 35.6 Å². The van der Waals surface area contributed by atoms with E-state index in [0.29, 0.717) is 6.42 Å². The number of carbonyl (C=O) groups excluding carboxylic acids is 1. The van der Waals surface area contributed by atoms with Crippen molar-refractivity contribution in [2.45, 2.75) is 44.1 Å². The summed E-state index contributed by atoms with van der Waals surface area (Å²) in [6.45, 7) is 2.07. The number of hydrogen-bond acceptors (Lipinski definition) is 2. The third-order valence-corrected chi connectivity index (χ3v) is 3.31. The van der Waals surface area contributed by atoms with E-state index in [-0.39, 0.29) is 17.7 Å². The summed E-state index contributed by atoms with van der Waals surface area (Å²) in [4.78, 5) is 11.6.